The summed E-state index contributed by atoms with van der Waals surface area (Å²) in [4.78, 5) is 40.3. The Bertz CT molecular complexity index is 1010. The lowest BCUT2D eigenvalue weighted by Crippen LogP contribution is -2.48. The van der Waals surface area contributed by atoms with Crippen molar-refractivity contribution in [3.05, 3.63) is 65.2 Å². The number of benzene rings is 2. The fraction of sp³-hybridized carbons (Fsp3) is 0.238. The summed E-state index contributed by atoms with van der Waals surface area (Å²) in [6.07, 6.45) is 0. The van der Waals surface area contributed by atoms with Gasteiger partial charge in [-0.1, -0.05) is 47.5 Å². The number of esters is 1. The number of carbonyl (C=O) groups is 3. The van der Waals surface area contributed by atoms with Gasteiger partial charge >= 0.3 is 5.97 Å². The number of hydrogen-bond acceptors (Lipinski definition) is 6. The molecule has 7 nitrogen and oxygen atoms in total. The predicted octanol–water partition coefficient (Wildman–Crippen LogP) is 1.82. The molecule has 2 aromatic carbocycles. The van der Waals surface area contributed by atoms with Gasteiger partial charge in [-0.15, -0.1) is 0 Å². The molecule has 2 aromatic rings. The highest BCUT2D eigenvalue weighted by Gasteiger charge is 2.67. The molecule has 0 radical (unpaired) electrons. The van der Waals surface area contributed by atoms with Crippen LogP contribution in [0, 0.1) is 19.8 Å². The van der Waals surface area contributed by atoms with Gasteiger partial charge < -0.3 is 4.74 Å². The summed E-state index contributed by atoms with van der Waals surface area (Å²) in [5.74, 6) is -2.82. The molecular formula is C21H19N3O4. The van der Waals surface area contributed by atoms with Crippen molar-refractivity contribution in [3.8, 4) is 0 Å². The highest BCUT2D eigenvalue weighted by molar-refractivity contribution is 6.47. The van der Waals surface area contributed by atoms with E-state index in [1.54, 1.807) is 24.3 Å². The van der Waals surface area contributed by atoms with Crippen molar-refractivity contribution in [2.45, 2.75) is 19.4 Å². The summed E-state index contributed by atoms with van der Waals surface area (Å²) in [6, 6.07) is 14.3. The molecule has 2 aliphatic heterocycles. The molecule has 0 saturated carbocycles. The first-order chi connectivity index (χ1) is 13.4. The number of nitrogens with one attached hydrogen (secondary N) is 1. The van der Waals surface area contributed by atoms with Crippen molar-refractivity contribution in [3.63, 3.8) is 0 Å². The lowest BCUT2D eigenvalue weighted by molar-refractivity contribution is -0.133. The van der Waals surface area contributed by atoms with Crippen molar-refractivity contribution in [1.82, 2.24) is 5.43 Å². The maximum absolute atomic E-state index is 13.6. The minimum absolute atomic E-state index is 0.101. The number of amides is 2. The van der Waals surface area contributed by atoms with Gasteiger partial charge in [-0.2, -0.15) is 5.10 Å². The summed E-state index contributed by atoms with van der Waals surface area (Å²) in [5, 5.41) is 4.03. The second-order valence-corrected chi connectivity index (χ2v) is 7.02. The van der Waals surface area contributed by atoms with Crippen molar-refractivity contribution >= 4 is 29.2 Å². The Balaban J connectivity index is 1.88. The number of rotatable bonds is 3. The Morgan fingerprint density at radius 3 is 2.18 bits per heavy atom. The molecule has 0 bridgehead atoms. The van der Waals surface area contributed by atoms with E-state index in [2.05, 4.69) is 10.5 Å². The van der Waals surface area contributed by atoms with Crippen molar-refractivity contribution in [2.75, 3.05) is 12.0 Å². The van der Waals surface area contributed by atoms with E-state index in [4.69, 9.17) is 4.74 Å². The fourth-order valence-electron chi connectivity index (χ4n) is 3.74. The Labute approximate surface area is 162 Å². The van der Waals surface area contributed by atoms with Crippen molar-refractivity contribution in [2.24, 2.45) is 11.0 Å². The van der Waals surface area contributed by atoms with Crippen LogP contribution in [0.25, 0.3) is 0 Å². The summed E-state index contributed by atoms with van der Waals surface area (Å²) in [5.41, 5.74) is 4.26. The third-order valence-electron chi connectivity index (χ3n) is 5.26. The minimum Gasteiger partial charge on any atom is -0.464 e. The molecule has 2 aliphatic rings. The number of fused-ring (bicyclic) bond motifs is 1. The third-order valence-corrected chi connectivity index (χ3v) is 5.26. The second kappa shape index (κ2) is 6.30. The number of ether oxygens (including phenoxy) is 1. The molecule has 2 atom stereocenters. The molecule has 1 N–H and O–H groups in total. The first-order valence-electron chi connectivity index (χ1n) is 8.85. The molecule has 7 heteroatoms. The predicted molar refractivity (Wildman–Crippen MR) is 103 cm³/mol. The third kappa shape index (κ3) is 2.36. The Kier molecular flexibility index (Phi) is 4.03. The van der Waals surface area contributed by atoms with E-state index in [1.165, 1.54) is 7.11 Å². The number of carbonyl (C=O) groups excluding carboxylic acids is 3. The van der Waals surface area contributed by atoms with E-state index in [1.807, 2.05) is 38.1 Å². The smallest absolute Gasteiger partial charge is 0.355 e. The first kappa shape index (κ1) is 17.9. The molecule has 2 heterocycles. The van der Waals surface area contributed by atoms with Gasteiger partial charge in [0, 0.05) is 0 Å². The first-order valence-corrected chi connectivity index (χ1v) is 8.85. The number of nitrogens with zero attached hydrogens (tertiary/aromatic N) is 2. The second-order valence-electron chi connectivity index (χ2n) is 7.02. The maximum Gasteiger partial charge on any atom is 0.355 e. The van der Waals surface area contributed by atoms with Gasteiger partial charge in [0.05, 0.1) is 12.8 Å². The molecule has 4 rings (SSSR count). The summed E-state index contributed by atoms with van der Waals surface area (Å²) in [6.45, 7) is 3.85. The van der Waals surface area contributed by atoms with Crippen LogP contribution in [0.3, 0.4) is 0 Å². The van der Waals surface area contributed by atoms with Gasteiger partial charge in [0.25, 0.3) is 5.91 Å². The molecule has 0 aliphatic carbocycles. The number of imide groups is 1. The van der Waals surface area contributed by atoms with Gasteiger partial charge in [0.1, 0.15) is 5.92 Å². The van der Waals surface area contributed by atoms with Crippen LogP contribution in [0.1, 0.15) is 16.7 Å². The van der Waals surface area contributed by atoms with Gasteiger partial charge in [-0.25, -0.2) is 9.69 Å². The van der Waals surface area contributed by atoms with Crippen LogP contribution >= 0.6 is 0 Å². The minimum atomic E-state index is -1.47. The van der Waals surface area contributed by atoms with E-state index < -0.39 is 29.2 Å². The largest absolute Gasteiger partial charge is 0.464 e. The normalized spacial score (nSPS) is 23.3. The molecule has 1 saturated heterocycles. The average molecular weight is 377 g/mol. The molecule has 28 heavy (non-hydrogen) atoms. The molecule has 1 unspecified atom stereocenters. The molecule has 0 aromatic heterocycles. The summed E-state index contributed by atoms with van der Waals surface area (Å²) in [7, 11) is 1.22. The van der Waals surface area contributed by atoms with Crippen LogP contribution in [-0.4, -0.2) is 30.6 Å². The number of hydrazone groups is 1. The van der Waals surface area contributed by atoms with Crippen LogP contribution in [0.2, 0.25) is 0 Å². The number of anilines is 1. The quantitative estimate of drug-likeness (QED) is 0.651. The highest BCUT2D eigenvalue weighted by Crippen LogP contribution is 2.45. The Morgan fingerprint density at radius 2 is 1.61 bits per heavy atom. The number of hydrogen-bond donors (Lipinski definition) is 1. The zero-order chi connectivity index (χ0) is 20.1. The van der Waals surface area contributed by atoms with Gasteiger partial charge in [0.15, 0.2) is 11.3 Å². The summed E-state index contributed by atoms with van der Waals surface area (Å²) >= 11 is 0. The van der Waals surface area contributed by atoms with Crippen LogP contribution in [0.5, 0.6) is 0 Å². The molecule has 142 valence electrons. The van der Waals surface area contributed by atoms with Crippen LogP contribution in [-0.2, 0) is 24.7 Å². The molecule has 0 spiro atoms. The zero-order valence-electron chi connectivity index (χ0n) is 15.7. The highest BCUT2D eigenvalue weighted by atomic mass is 16.5. The van der Waals surface area contributed by atoms with Gasteiger partial charge in [0.2, 0.25) is 5.91 Å². The fourth-order valence-corrected chi connectivity index (χ4v) is 3.74. The summed E-state index contributed by atoms with van der Waals surface area (Å²) < 4.78 is 4.79. The van der Waals surface area contributed by atoms with Gasteiger partial charge in [-0.05, 0) is 31.5 Å². The Hall–Kier alpha value is -3.48. The monoisotopic (exact) mass is 377 g/mol. The van der Waals surface area contributed by atoms with E-state index in [-0.39, 0.29) is 5.71 Å². The molecule has 1 fully saturated rings. The SMILES string of the molecule is COC(=O)C1=NN[C@]2(c3ccc(C)cc3)C(=O)N(c3ccc(C)cc3)C(=O)C12. The number of methoxy groups -OCH3 is 1. The Morgan fingerprint density at radius 1 is 1.04 bits per heavy atom. The number of aryl methyl sites for hydroxylation is 2. The lowest BCUT2D eigenvalue weighted by atomic mass is 9.78. The van der Waals surface area contributed by atoms with E-state index in [0.717, 1.165) is 16.0 Å². The maximum atomic E-state index is 13.6. The van der Waals surface area contributed by atoms with Crippen LogP contribution in [0.15, 0.2) is 53.6 Å². The average Bonchev–Trinajstić information content (AvgIpc) is 3.19. The van der Waals surface area contributed by atoms with E-state index >= 15 is 0 Å². The van der Waals surface area contributed by atoms with E-state index in [0.29, 0.717) is 11.3 Å². The zero-order valence-corrected chi connectivity index (χ0v) is 15.7. The van der Waals surface area contributed by atoms with Crippen LogP contribution < -0.4 is 10.3 Å². The standard InChI is InChI=1S/C21H19N3O4/c1-12-4-8-14(9-5-12)21-16(17(22-23-21)19(26)28-3)18(25)24(20(21)27)15-10-6-13(2)7-11-15/h4-11,16,23H,1-3H3/t16?,21-/m0/s1. The van der Waals surface area contributed by atoms with Crippen molar-refractivity contribution < 1.29 is 19.1 Å². The molecule has 2 amide bonds. The molecular weight excluding hydrogens is 358 g/mol. The van der Waals surface area contributed by atoms with Crippen molar-refractivity contribution in [1.29, 1.82) is 0 Å². The van der Waals surface area contributed by atoms with Gasteiger partial charge in [-0.3, -0.25) is 15.0 Å². The topological polar surface area (TPSA) is 88.1 Å². The van der Waals surface area contributed by atoms with E-state index in [9.17, 15) is 14.4 Å². The van der Waals surface area contributed by atoms with Crippen LogP contribution in [0.4, 0.5) is 5.69 Å². The lowest BCUT2D eigenvalue weighted by Gasteiger charge is -2.26.